The first-order valence-corrected chi connectivity index (χ1v) is 12.3. The molecule has 4 aromatic rings. The SMILES string of the molecule is CC(=O)C1=NN(c2ccc(Cl)cc2)C(c2c[nH]c3ccccc23)N1c1ccc(N2CCCC2)cc1. The second-order valence-corrected chi connectivity index (χ2v) is 9.48. The standard InChI is InChI=1S/C28H26ClN5O/c1-19(35)27-31-34(23-10-8-20(29)9-11-23)28(25-18-30-26-7-3-2-6-24(25)26)33(27)22-14-12-21(13-15-22)32-16-4-5-17-32/h2-3,6-15,18,28,30H,4-5,16-17H2,1H3. The van der Waals surface area contributed by atoms with E-state index in [4.69, 9.17) is 16.7 Å². The van der Waals surface area contributed by atoms with Crippen LogP contribution in [0.3, 0.4) is 0 Å². The van der Waals surface area contributed by atoms with E-state index in [2.05, 4.69) is 46.3 Å². The van der Waals surface area contributed by atoms with E-state index in [0.29, 0.717) is 10.9 Å². The van der Waals surface area contributed by atoms with E-state index in [-0.39, 0.29) is 11.9 Å². The molecule has 0 saturated carbocycles. The van der Waals surface area contributed by atoms with E-state index >= 15 is 0 Å². The predicted molar refractivity (Wildman–Crippen MR) is 143 cm³/mol. The Hall–Kier alpha value is -3.77. The average molecular weight is 484 g/mol. The third-order valence-electron chi connectivity index (χ3n) is 6.81. The van der Waals surface area contributed by atoms with Gasteiger partial charge >= 0.3 is 0 Å². The number of rotatable bonds is 5. The molecule has 6 nitrogen and oxygen atoms in total. The van der Waals surface area contributed by atoms with Crippen LogP contribution in [0.1, 0.15) is 31.5 Å². The number of anilines is 3. The number of para-hydroxylation sites is 1. The van der Waals surface area contributed by atoms with E-state index in [9.17, 15) is 4.79 Å². The molecule has 0 bridgehead atoms. The fourth-order valence-corrected chi connectivity index (χ4v) is 5.23. The van der Waals surface area contributed by atoms with Crippen LogP contribution in [0.25, 0.3) is 10.9 Å². The van der Waals surface area contributed by atoms with Gasteiger partial charge in [-0.1, -0.05) is 29.8 Å². The zero-order valence-electron chi connectivity index (χ0n) is 19.5. The molecule has 1 atom stereocenters. The molecule has 0 spiro atoms. The Kier molecular flexibility index (Phi) is 5.46. The monoisotopic (exact) mass is 483 g/mol. The first kappa shape index (κ1) is 21.7. The number of carbonyl (C=O) groups excluding carboxylic acids is 1. The Morgan fingerprint density at radius 2 is 1.57 bits per heavy atom. The predicted octanol–water partition coefficient (Wildman–Crippen LogP) is 6.35. The molecular formula is C28H26ClN5O. The largest absolute Gasteiger partial charge is 0.372 e. The topological polar surface area (TPSA) is 54.9 Å². The maximum Gasteiger partial charge on any atom is 0.198 e. The number of aromatic nitrogens is 1. The number of halogens is 1. The molecule has 1 unspecified atom stereocenters. The molecule has 0 amide bonds. The van der Waals surface area contributed by atoms with Gasteiger partial charge in [0.2, 0.25) is 0 Å². The number of ketones is 1. The van der Waals surface area contributed by atoms with Crippen molar-refractivity contribution in [1.29, 1.82) is 0 Å². The van der Waals surface area contributed by atoms with Gasteiger partial charge in [0.25, 0.3) is 0 Å². The van der Waals surface area contributed by atoms with Crippen molar-refractivity contribution in [2.45, 2.75) is 25.9 Å². The first-order chi connectivity index (χ1) is 17.1. The lowest BCUT2D eigenvalue weighted by Crippen LogP contribution is -2.37. The molecule has 1 fully saturated rings. The lowest BCUT2D eigenvalue weighted by molar-refractivity contribution is -0.111. The number of aromatic amines is 1. The molecule has 0 aliphatic carbocycles. The fourth-order valence-electron chi connectivity index (χ4n) is 5.10. The smallest absolute Gasteiger partial charge is 0.198 e. The lowest BCUT2D eigenvalue weighted by Gasteiger charge is -2.32. The number of hydrogen-bond acceptors (Lipinski definition) is 5. The number of amidine groups is 1. The maximum atomic E-state index is 12.9. The summed E-state index contributed by atoms with van der Waals surface area (Å²) < 4.78 is 0. The highest BCUT2D eigenvalue weighted by Gasteiger charge is 2.40. The number of hydrazone groups is 1. The van der Waals surface area contributed by atoms with Crippen molar-refractivity contribution >= 4 is 51.2 Å². The van der Waals surface area contributed by atoms with E-state index < -0.39 is 0 Å². The van der Waals surface area contributed by atoms with Gasteiger partial charge in [-0.25, -0.2) is 5.01 Å². The van der Waals surface area contributed by atoms with E-state index in [1.165, 1.54) is 18.5 Å². The Labute approximate surface area is 209 Å². The highest BCUT2D eigenvalue weighted by atomic mass is 35.5. The zero-order valence-corrected chi connectivity index (χ0v) is 20.2. The molecule has 7 heteroatoms. The number of fused-ring (bicyclic) bond motifs is 1. The average Bonchev–Trinajstić information content (AvgIpc) is 3.63. The Balaban J connectivity index is 1.49. The summed E-state index contributed by atoms with van der Waals surface area (Å²) in [6, 6.07) is 24.3. The number of carbonyl (C=O) groups is 1. The Bertz CT molecular complexity index is 1400. The summed E-state index contributed by atoms with van der Waals surface area (Å²) in [5.41, 5.74) is 5.08. The van der Waals surface area contributed by atoms with E-state index in [1.807, 2.05) is 52.5 Å². The molecule has 1 saturated heterocycles. The minimum absolute atomic E-state index is 0.0880. The van der Waals surface area contributed by atoms with Crippen molar-refractivity contribution in [3.05, 3.63) is 89.6 Å². The second kappa shape index (κ2) is 8.78. The van der Waals surface area contributed by atoms with Crippen molar-refractivity contribution in [3.63, 3.8) is 0 Å². The minimum Gasteiger partial charge on any atom is -0.372 e. The highest BCUT2D eigenvalue weighted by Crippen LogP contribution is 2.42. The molecule has 2 aliphatic rings. The lowest BCUT2D eigenvalue weighted by atomic mass is 10.1. The molecule has 0 radical (unpaired) electrons. The van der Waals surface area contributed by atoms with Gasteiger partial charge in [0, 0.05) is 59.1 Å². The van der Waals surface area contributed by atoms with Gasteiger partial charge in [-0.2, -0.15) is 0 Å². The molecule has 6 rings (SSSR count). The van der Waals surface area contributed by atoms with Crippen LogP contribution in [0, 0.1) is 0 Å². The Morgan fingerprint density at radius 1 is 0.914 bits per heavy atom. The normalized spacial score (nSPS) is 17.9. The van der Waals surface area contributed by atoms with Crippen LogP contribution in [-0.2, 0) is 4.79 Å². The summed E-state index contributed by atoms with van der Waals surface area (Å²) in [4.78, 5) is 20.7. The van der Waals surface area contributed by atoms with Crippen LogP contribution in [0.5, 0.6) is 0 Å². The van der Waals surface area contributed by atoms with Gasteiger partial charge in [0.05, 0.1) is 5.69 Å². The van der Waals surface area contributed by atoms with Gasteiger partial charge in [-0.15, -0.1) is 5.10 Å². The molecule has 2 aliphatic heterocycles. The van der Waals surface area contributed by atoms with E-state index in [1.54, 1.807) is 6.92 Å². The van der Waals surface area contributed by atoms with Gasteiger partial charge in [0.1, 0.15) is 0 Å². The Morgan fingerprint density at radius 3 is 2.29 bits per heavy atom. The van der Waals surface area contributed by atoms with Crippen LogP contribution in [0.2, 0.25) is 5.02 Å². The number of Topliss-reactive ketones (excluding diaryl/α,β-unsaturated/α-hetero) is 1. The van der Waals surface area contributed by atoms with Gasteiger partial charge in [-0.05, 0) is 67.4 Å². The molecule has 1 N–H and O–H groups in total. The number of nitrogens with one attached hydrogen (secondary N) is 1. The number of hydrogen-bond donors (Lipinski definition) is 1. The summed E-state index contributed by atoms with van der Waals surface area (Å²) in [5.74, 6) is 0.319. The number of nitrogens with zero attached hydrogens (tertiary/aromatic N) is 4. The van der Waals surface area contributed by atoms with E-state index in [0.717, 1.165) is 40.9 Å². The number of benzene rings is 3. The summed E-state index contributed by atoms with van der Waals surface area (Å²) >= 11 is 6.18. The van der Waals surface area contributed by atoms with Crippen LogP contribution >= 0.6 is 11.6 Å². The molecule has 176 valence electrons. The fraction of sp³-hybridized carbons (Fsp3) is 0.214. The third kappa shape index (κ3) is 3.84. The second-order valence-electron chi connectivity index (χ2n) is 9.04. The zero-order chi connectivity index (χ0) is 23.9. The third-order valence-corrected chi connectivity index (χ3v) is 7.06. The van der Waals surface area contributed by atoms with Crippen molar-refractivity contribution in [2.75, 3.05) is 27.9 Å². The van der Waals surface area contributed by atoms with Crippen molar-refractivity contribution in [1.82, 2.24) is 4.98 Å². The molecule has 35 heavy (non-hydrogen) atoms. The van der Waals surface area contributed by atoms with Crippen molar-refractivity contribution in [3.8, 4) is 0 Å². The van der Waals surface area contributed by atoms with Gasteiger partial charge in [-0.3, -0.25) is 9.69 Å². The van der Waals surface area contributed by atoms with Crippen LogP contribution in [-0.4, -0.2) is 29.7 Å². The molecule has 1 aromatic heterocycles. The summed E-state index contributed by atoms with van der Waals surface area (Å²) in [6.07, 6.45) is 4.13. The molecule has 3 aromatic carbocycles. The van der Waals surface area contributed by atoms with Crippen LogP contribution in [0.15, 0.2) is 84.1 Å². The summed E-state index contributed by atoms with van der Waals surface area (Å²) in [6.45, 7) is 3.75. The quantitative estimate of drug-likeness (QED) is 0.359. The van der Waals surface area contributed by atoms with Gasteiger partial charge in [0.15, 0.2) is 17.8 Å². The molecular weight excluding hydrogens is 458 g/mol. The minimum atomic E-state index is -0.344. The van der Waals surface area contributed by atoms with Crippen LogP contribution < -0.4 is 14.8 Å². The van der Waals surface area contributed by atoms with Crippen molar-refractivity contribution in [2.24, 2.45) is 5.10 Å². The van der Waals surface area contributed by atoms with Crippen molar-refractivity contribution < 1.29 is 4.79 Å². The first-order valence-electron chi connectivity index (χ1n) is 11.9. The molecule has 3 heterocycles. The highest BCUT2D eigenvalue weighted by molar-refractivity contribution is 6.44. The maximum absolute atomic E-state index is 12.9. The van der Waals surface area contributed by atoms with Crippen LogP contribution in [0.4, 0.5) is 17.1 Å². The van der Waals surface area contributed by atoms with Gasteiger partial charge < -0.3 is 9.88 Å². The number of H-pyrrole nitrogens is 1. The summed E-state index contributed by atoms with van der Waals surface area (Å²) in [7, 11) is 0. The summed E-state index contributed by atoms with van der Waals surface area (Å²) in [5, 5.41) is 8.51.